The van der Waals surface area contributed by atoms with E-state index in [1.165, 1.54) is 22.0 Å². The molecule has 5 heterocycles. The zero-order valence-corrected chi connectivity index (χ0v) is 15.9. The number of hydrogen-bond donors (Lipinski definition) is 0. The van der Waals surface area contributed by atoms with E-state index in [9.17, 15) is 0 Å². The van der Waals surface area contributed by atoms with Crippen molar-refractivity contribution in [3.63, 3.8) is 0 Å². The van der Waals surface area contributed by atoms with E-state index in [2.05, 4.69) is 61.7 Å². The Morgan fingerprint density at radius 1 is 1.22 bits per heavy atom. The zero-order valence-electron chi connectivity index (χ0n) is 13.5. The molecule has 122 valence electrons. The van der Waals surface area contributed by atoms with Crippen LogP contribution in [0.15, 0.2) is 22.8 Å². The SMILES string of the molecule is Cc1nc(C)c(CN2C3CC2CN(Cc2ccc(Br)cn2)C3)s1. The molecule has 4 nitrogen and oxygen atoms in total. The number of piperazine rings is 1. The summed E-state index contributed by atoms with van der Waals surface area (Å²) in [5.74, 6) is 0. The second kappa shape index (κ2) is 6.24. The van der Waals surface area contributed by atoms with Crippen molar-refractivity contribution in [2.45, 2.75) is 45.4 Å². The number of hydrogen-bond acceptors (Lipinski definition) is 5. The summed E-state index contributed by atoms with van der Waals surface area (Å²) in [4.78, 5) is 15.7. The molecule has 3 saturated heterocycles. The van der Waals surface area contributed by atoms with E-state index in [4.69, 9.17) is 0 Å². The first-order valence-electron chi connectivity index (χ1n) is 8.10. The summed E-state index contributed by atoms with van der Waals surface area (Å²) >= 11 is 5.30. The van der Waals surface area contributed by atoms with E-state index < -0.39 is 0 Å². The van der Waals surface area contributed by atoms with Crippen molar-refractivity contribution in [1.29, 1.82) is 0 Å². The predicted octanol–water partition coefficient (Wildman–Crippen LogP) is 3.38. The van der Waals surface area contributed by atoms with Gasteiger partial charge in [0, 0.05) is 53.8 Å². The number of nitrogens with zero attached hydrogens (tertiary/aromatic N) is 4. The van der Waals surface area contributed by atoms with Crippen molar-refractivity contribution in [2.75, 3.05) is 13.1 Å². The average molecular weight is 393 g/mol. The second-order valence-corrected chi connectivity index (χ2v) is 8.82. The molecule has 3 aliphatic rings. The quantitative estimate of drug-likeness (QED) is 0.797. The van der Waals surface area contributed by atoms with Crippen molar-refractivity contribution >= 4 is 27.3 Å². The number of thiazole rings is 1. The number of fused-ring (bicyclic) bond motifs is 2. The lowest BCUT2D eigenvalue weighted by atomic mass is 9.87. The fourth-order valence-electron chi connectivity index (χ4n) is 3.78. The molecule has 0 spiro atoms. The first-order chi connectivity index (χ1) is 11.1. The normalized spacial score (nSPS) is 24.7. The van der Waals surface area contributed by atoms with Crippen LogP contribution in [0.4, 0.5) is 0 Å². The Morgan fingerprint density at radius 3 is 2.61 bits per heavy atom. The van der Waals surface area contributed by atoms with Gasteiger partial charge in [-0.25, -0.2) is 4.98 Å². The molecule has 6 heteroatoms. The molecule has 2 bridgehead atoms. The van der Waals surface area contributed by atoms with E-state index in [-0.39, 0.29) is 0 Å². The molecule has 0 N–H and O–H groups in total. The van der Waals surface area contributed by atoms with Gasteiger partial charge in [0.25, 0.3) is 0 Å². The Labute approximate surface area is 149 Å². The van der Waals surface area contributed by atoms with Gasteiger partial charge in [-0.3, -0.25) is 14.8 Å². The van der Waals surface area contributed by atoms with Crippen LogP contribution in [0.5, 0.6) is 0 Å². The molecule has 2 aromatic rings. The van der Waals surface area contributed by atoms with Gasteiger partial charge in [0.1, 0.15) is 0 Å². The maximum absolute atomic E-state index is 4.56. The molecule has 0 aliphatic carbocycles. The Balaban J connectivity index is 1.36. The zero-order chi connectivity index (χ0) is 16.0. The van der Waals surface area contributed by atoms with Crippen LogP contribution in [0.1, 0.15) is 27.7 Å². The number of pyridine rings is 1. The van der Waals surface area contributed by atoms with Crippen molar-refractivity contribution in [1.82, 2.24) is 19.8 Å². The molecular formula is C17H21BrN4S. The lowest BCUT2D eigenvalue weighted by Gasteiger charge is -2.56. The lowest BCUT2D eigenvalue weighted by Crippen LogP contribution is -2.67. The number of halogens is 1. The van der Waals surface area contributed by atoms with Gasteiger partial charge < -0.3 is 0 Å². The van der Waals surface area contributed by atoms with Crippen LogP contribution in [0, 0.1) is 13.8 Å². The molecule has 0 aromatic carbocycles. The lowest BCUT2D eigenvalue weighted by molar-refractivity contribution is -0.0772. The van der Waals surface area contributed by atoms with E-state index >= 15 is 0 Å². The van der Waals surface area contributed by atoms with Crippen molar-refractivity contribution < 1.29 is 0 Å². The topological polar surface area (TPSA) is 32.3 Å². The van der Waals surface area contributed by atoms with Gasteiger partial charge in [0.05, 0.1) is 16.4 Å². The molecule has 0 saturated carbocycles. The minimum Gasteiger partial charge on any atom is -0.294 e. The van der Waals surface area contributed by atoms with Crippen LogP contribution < -0.4 is 0 Å². The number of aromatic nitrogens is 2. The monoisotopic (exact) mass is 392 g/mol. The van der Waals surface area contributed by atoms with Crippen LogP contribution in [-0.2, 0) is 13.1 Å². The van der Waals surface area contributed by atoms with Gasteiger partial charge in [-0.2, -0.15) is 0 Å². The van der Waals surface area contributed by atoms with Gasteiger partial charge in [0.2, 0.25) is 0 Å². The maximum atomic E-state index is 4.56. The third kappa shape index (κ3) is 3.22. The van der Waals surface area contributed by atoms with Gasteiger partial charge in [-0.15, -0.1) is 11.3 Å². The fourth-order valence-corrected chi connectivity index (χ4v) is 4.96. The Kier molecular flexibility index (Phi) is 4.26. The average Bonchev–Trinajstić information content (AvgIpc) is 2.85. The molecule has 0 amide bonds. The highest BCUT2D eigenvalue weighted by molar-refractivity contribution is 9.10. The number of aryl methyl sites for hydroxylation is 2. The highest BCUT2D eigenvalue weighted by Gasteiger charge is 2.44. The third-order valence-electron chi connectivity index (χ3n) is 4.92. The summed E-state index contributed by atoms with van der Waals surface area (Å²) in [6.45, 7) is 8.60. The van der Waals surface area contributed by atoms with Crippen molar-refractivity contribution in [3.8, 4) is 0 Å². The van der Waals surface area contributed by atoms with E-state index in [0.29, 0.717) is 12.1 Å². The minimum absolute atomic E-state index is 0.700. The standard InChI is InChI=1S/C17H21BrN4S/c1-11-17(23-12(2)20-11)10-22-15-5-16(22)9-21(8-15)7-14-4-3-13(18)6-19-14/h3-4,6,15-16H,5,7-10H2,1-2H3. The van der Waals surface area contributed by atoms with Gasteiger partial charge >= 0.3 is 0 Å². The van der Waals surface area contributed by atoms with E-state index in [1.54, 1.807) is 0 Å². The van der Waals surface area contributed by atoms with Crippen molar-refractivity contribution in [3.05, 3.63) is 44.1 Å². The molecule has 5 rings (SSSR count). The van der Waals surface area contributed by atoms with Crippen LogP contribution in [0.25, 0.3) is 0 Å². The Hall–Kier alpha value is -0.820. The molecule has 2 atom stereocenters. The minimum atomic E-state index is 0.700. The van der Waals surface area contributed by atoms with Crippen LogP contribution in [0.3, 0.4) is 0 Å². The summed E-state index contributed by atoms with van der Waals surface area (Å²) in [6, 6.07) is 5.59. The van der Waals surface area contributed by atoms with Gasteiger partial charge in [-0.05, 0) is 48.3 Å². The highest BCUT2D eigenvalue weighted by Crippen LogP contribution is 2.35. The number of piperidine rings is 1. The highest BCUT2D eigenvalue weighted by atomic mass is 79.9. The van der Waals surface area contributed by atoms with Crippen LogP contribution >= 0.6 is 27.3 Å². The predicted molar refractivity (Wildman–Crippen MR) is 96.5 cm³/mol. The molecule has 3 fully saturated rings. The fraction of sp³-hybridized carbons (Fsp3) is 0.529. The second-order valence-electron chi connectivity index (χ2n) is 6.62. The molecule has 2 aromatic heterocycles. The summed E-state index contributed by atoms with van der Waals surface area (Å²) in [5, 5.41) is 1.19. The molecule has 0 radical (unpaired) electrons. The molecule has 23 heavy (non-hydrogen) atoms. The summed E-state index contributed by atoms with van der Waals surface area (Å²) in [5.41, 5.74) is 2.38. The van der Waals surface area contributed by atoms with E-state index in [0.717, 1.165) is 36.3 Å². The molecule has 3 aliphatic heterocycles. The Morgan fingerprint density at radius 2 is 2.00 bits per heavy atom. The first kappa shape index (κ1) is 15.7. The maximum Gasteiger partial charge on any atom is 0.0900 e. The third-order valence-corrected chi connectivity index (χ3v) is 6.45. The molecule has 2 unspecified atom stereocenters. The largest absolute Gasteiger partial charge is 0.294 e. The number of rotatable bonds is 4. The summed E-state index contributed by atoms with van der Waals surface area (Å²) < 4.78 is 1.05. The Bertz CT molecular complexity index is 687. The van der Waals surface area contributed by atoms with Crippen molar-refractivity contribution in [2.24, 2.45) is 0 Å². The molecular weight excluding hydrogens is 372 g/mol. The van der Waals surface area contributed by atoms with Gasteiger partial charge in [-0.1, -0.05) is 0 Å². The summed E-state index contributed by atoms with van der Waals surface area (Å²) in [7, 11) is 0. The smallest absolute Gasteiger partial charge is 0.0900 e. The van der Waals surface area contributed by atoms with Crippen LogP contribution in [-0.4, -0.2) is 44.9 Å². The van der Waals surface area contributed by atoms with E-state index in [1.807, 2.05) is 17.5 Å². The van der Waals surface area contributed by atoms with Gasteiger partial charge in [0.15, 0.2) is 0 Å². The summed E-state index contributed by atoms with van der Waals surface area (Å²) in [6.07, 6.45) is 3.24. The first-order valence-corrected chi connectivity index (χ1v) is 9.71. The van der Waals surface area contributed by atoms with Crippen LogP contribution in [0.2, 0.25) is 0 Å².